The van der Waals surface area contributed by atoms with Crippen molar-refractivity contribution >= 4 is 49.5 Å². The smallest absolute Gasteiger partial charge is 0.186 e. The van der Waals surface area contributed by atoms with Gasteiger partial charge in [0.25, 0.3) is 0 Å². The predicted molar refractivity (Wildman–Crippen MR) is 108 cm³/mol. The summed E-state index contributed by atoms with van der Waals surface area (Å²) < 4.78 is 0. The van der Waals surface area contributed by atoms with E-state index in [-0.39, 0.29) is 17.3 Å². The van der Waals surface area contributed by atoms with Gasteiger partial charge in [-0.05, 0) is 63.5 Å². The molecule has 1 aliphatic rings. The molecule has 0 fully saturated rings. The maximum absolute atomic E-state index is 12.3. The molecule has 27 heavy (non-hydrogen) atoms. The summed E-state index contributed by atoms with van der Waals surface area (Å²) in [5, 5.41) is 15.9. The van der Waals surface area contributed by atoms with Crippen LogP contribution in [0.3, 0.4) is 0 Å². The van der Waals surface area contributed by atoms with Gasteiger partial charge in [-0.25, -0.2) is 0 Å². The Morgan fingerprint density at radius 3 is 2.30 bits per heavy atom. The fraction of sp³-hybridized carbons (Fsp3) is 0. The first-order valence-electron chi connectivity index (χ1n) is 8.67. The Morgan fingerprint density at radius 2 is 1.41 bits per heavy atom. The standard InChI is InChI=1S/C24H14O3/c25-17-8-9-23(26)22(13-17)19-7-3-5-15-11-21-16(12-20(15)19)10-14-4-1-2-6-18(14)24(21)27/h1-13,27H. The van der Waals surface area contributed by atoms with Crippen LogP contribution in [0, 0.1) is 0 Å². The first-order chi connectivity index (χ1) is 13.1. The van der Waals surface area contributed by atoms with Crippen molar-refractivity contribution in [1.29, 1.82) is 0 Å². The van der Waals surface area contributed by atoms with Crippen molar-refractivity contribution < 1.29 is 14.7 Å². The molecule has 0 unspecified atom stereocenters. The van der Waals surface area contributed by atoms with Crippen LogP contribution in [-0.4, -0.2) is 16.7 Å². The zero-order chi connectivity index (χ0) is 18.5. The van der Waals surface area contributed by atoms with Gasteiger partial charge in [0, 0.05) is 16.3 Å². The molecular formula is C24H14O3. The monoisotopic (exact) mass is 350 g/mol. The number of allylic oxidation sites excluding steroid dienone is 4. The Balaban J connectivity index is 1.86. The molecule has 0 radical (unpaired) electrons. The van der Waals surface area contributed by atoms with Gasteiger partial charge in [0.05, 0.1) is 0 Å². The van der Waals surface area contributed by atoms with Crippen molar-refractivity contribution in [2.75, 3.05) is 0 Å². The van der Waals surface area contributed by atoms with Gasteiger partial charge in [0.1, 0.15) is 5.75 Å². The topological polar surface area (TPSA) is 54.4 Å². The Kier molecular flexibility index (Phi) is 3.25. The average Bonchev–Trinajstić information content (AvgIpc) is 2.68. The lowest BCUT2D eigenvalue weighted by molar-refractivity contribution is -0.113. The molecule has 1 aliphatic carbocycles. The second-order valence-corrected chi connectivity index (χ2v) is 6.70. The van der Waals surface area contributed by atoms with E-state index in [1.54, 1.807) is 0 Å². The fourth-order valence-corrected chi connectivity index (χ4v) is 3.77. The van der Waals surface area contributed by atoms with Crippen molar-refractivity contribution in [2.45, 2.75) is 0 Å². The van der Waals surface area contributed by atoms with Crippen LogP contribution < -0.4 is 0 Å². The van der Waals surface area contributed by atoms with E-state index in [1.165, 1.54) is 18.2 Å². The molecule has 0 heterocycles. The number of hydrogen-bond acceptors (Lipinski definition) is 3. The largest absolute Gasteiger partial charge is 0.507 e. The molecule has 3 heteroatoms. The van der Waals surface area contributed by atoms with Crippen LogP contribution in [-0.2, 0) is 9.59 Å². The summed E-state index contributed by atoms with van der Waals surface area (Å²) >= 11 is 0. The second kappa shape index (κ2) is 5.64. The van der Waals surface area contributed by atoms with Gasteiger partial charge in [-0.3, -0.25) is 9.59 Å². The summed E-state index contributed by atoms with van der Waals surface area (Å²) in [6.07, 6.45) is 3.99. The van der Waals surface area contributed by atoms with Crippen LogP contribution in [0.15, 0.2) is 78.9 Å². The van der Waals surface area contributed by atoms with Gasteiger partial charge in [0.15, 0.2) is 11.6 Å². The van der Waals surface area contributed by atoms with Gasteiger partial charge < -0.3 is 5.11 Å². The highest BCUT2D eigenvalue weighted by atomic mass is 16.3. The van der Waals surface area contributed by atoms with Gasteiger partial charge >= 0.3 is 0 Å². The van der Waals surface area contributed by atoms with Crippen LogP contribution in [0.5, 0.6) is 5.75 Å². The SMILES string of the molecule is O=C1C=CC(=O)C(c2cccc3cc4c(O)c5ccccc5cc4cc23)=C1. The molecule has 0 saturated carbocycles. The fourth-order valence-electron chi connectivity index (χ4n) is 3.77. The summed E-state index contributed by atoms with van der Waals surface area (Å²) in [7, 11) is 0. The zero-order valence-corrected chi connectivity index (χ0v) is 14.3. The zero-order valence-electron chi connectivity index (χ0n) is 14.3. The van der Waals surface area contributed by atoms with Crippen molar-refractivity contribution in [3.63, 3.8) is 0 Å². The van der Waals surface area contributed by atoms with Crippen molar-refractivity contribution in [1.82, 2.24) is 0 Å². The van der Waals surface area contributed by atoms with Crippen LogP contribution >= 0.6 is 0 Å². The van der Waals surface area contributed by atoms with E-state index < -0.39 is 0 Å². The molecule has 0 amide bonds. The minimum Gasteiger partial charge on any atom is -0.507 e. The molecule has 3 nitrogen and oxygen atoms in total. The molecule has 1 N–H and O–H groups in total. The molecular weight excluding hydrogens is 336 g/mol. The predicted octanol–water partition coefficient (Wildman–Crippen LogP) is 4.94. The number of rotatable bonds is 1. The van der Waals surface area contributed by atoms with Gasteiger partial charge in [0.2, 0.25) is 0 Å². The second-order valence-electron chi connectivity index (χ2n) is 6.70. The molecule has 0 aromatic heterocycles. The normalized spacial score (nSPS) is 14.3. The number of benzene rings is 4. The molecule has 0 bridgehead atoms. The molecule has 0 saturated heterocycles. The Bertz CT molecular complexity index is 1360. The third-order valence-corrected chi connectivity index (χ3v) is 5.07. The number of carbonyl (C=O) groups excluding carboxylic acids is 2. The first-order valence-corrected chi connectivity index (χ1v) is 8.67. The summed E-state index contributed by atoms with van der Waals surface area (Å²) in [5.74, 6) is -0.115. The summed E-state index contributed by atoms with van der Waals surface area (Å²) in [6.45, 7) is 0. The molecule has 0 aliphatic heterocycles. The van der Waals surface area contributed by atoms with E-state index in [9.17, 15) is 14.7 Å². The van der Waals surface area contributed by atoms with E-state index in [0.717, 1.165) is 37.9 Å². The number of hydrogen-bond donors (Lipinski definition) is 1. The maximum Gasteiger partial charge on any atom is 0.186 e. The molecule has 0 spiro atoms. The molecule has 128 valence electrons. The average molecular weight is 350 g/mol. The third-order valence-electron chi connectivity index (χ3n) is 5.07. The summed E-state index contributed by atoms with van der Waals surface area (Å²) in [5.41, 5.74) is 1.13. The number of aromatic hydroxyl groups is 1. The number of fused-ring (bicyclic) bond motifs is 3. The molecule has 4 aromatic carbocycles. The van der Waals surface area contributed by atoms with Crippen LogP contribution in [0.1, 0.15) is 5.56 Å². The minimum absolute atomic E-state index is 0.177. The van der Waals surface area contributed by atoms with E-state index >= 15 is 0 Å². The van der Waals surface area contributed by atoms with Crippen molar-refractivity contribution in [3.05, 3.63) is 84.5 Å². The minimum atomic E-state index is -0.189. The number of phenols is 1. The van der Waals surface area contributed by atoms with E-state index in [1.807, 2.05) is 60.7 Å². The Labute approximate surface area is 154 Å². The van der Waals surface area contributed by atoms with E-state index in [2.05, 4.69) is 0 Å². The lowest BCUT2D eigenvalue weighted by Gasteiger charge is -2.13. The van der Waals surface area contributed by atoms with Crippen molar-refractivity contribution in [2.24, 2.45) is 0 Å². The van der Waals surface area contributed by atoms with Crippen LogP contribution in [0.2, 0.25) is 0 Å². The number of carbonyl (C=O) groups is 2. The van der Waals surface area contributed by atoms with Crippen LogP contribution in [0.25, 0.3) is 37.9 Å². The maximum atomic E-state index is 12.3. The highest BCUT2D eigenvalue weighted by Gasteiger charge is 2.18. The molecule has 4 aromatic rings. The molecule has 5 rings (SSSR count). The number of ketones is 2. The van der Waals surface area contributed by atoms with Crippen molar-refractivity contribution in [3.8, 4) is 5.75 Å². The van der Waals surface area contributed by atoms with Gasteiger partial charge in [-0.2, -0.15) is 0 Å². The molecule has 0 atom stereocenters. The third kappa shape index (κ3) is 2.36. The number of phenolic OH excluding ortho intramolecular Hbond substituents is 1. The quantitative estimate of drug-likeness (QED) is 0.391. The highest BCUT2D eigenvalue weighted by Crippen LogP contribution is 2.38. The Morgan fingerprint density at radius 1 is 0.667 bits per heavy atom. The lowest BCUT2D eigenvalue weighted by atomic mass is 9.90. The first kappa shape index (κ1) is 15.5. The van der Waals surface area contributed by atoms with Crippen LogP contribution in [0.4, 0.5) is 0 Å². The van der Waals surface area contributed by atoms with E-state index in [4.69, 9.17) is 0 Å². The lowest BCUT2D eigenvalue weighted by Crippen LogP contribution is -2.07. The Hall–Kier alpha value is -3.72. The van der Waals surface area contributed by atoms with Gasteiger partial charge in [-0.1, -0.05) is 42.5 Å². The highest BCUT2D eigenvalue weighted by molar-refractivity contribution is 6.35. The van der Waals surface area contributed by atoms with Gasteiger partial charge in [-0.15, -0.1) is 0 Å². The summed E-state index contributed by atoms with van der Waals surface area (Å²) in [6, 6.07) is 19.3. The van der Waals surface area contributed by atoms with E-state index in [0.29, 0.717) is 5.57 Å². The summed E-state index contributed by atoms with van der Waals surface area (Å²) in [4.78, 5) is 24.1.